The van der Waals surface area contributed by atoms with Gasteiger partial charge < -0.3 is 15.2 Å². The lowest BCUT2D eigenvalue weighted by molar-refractivity contribution is -0.147. The Bertz CT molecular complexity index is 496. The molecule has 5 heteroatoms. The maximum Gasteiger partial charge on any atom is 0.328 e. The van der Waals surface area contributed by atoms with E-state index in [1.54, 1.807) is 6.07 Å². The lowest BCUT2D eigenvalue weighted by Gasteiger charge is -2.25. The number of benzene rings is 1. The fourth-order valence-electron chi connectivity index (χ4n) is 1.61. The molecular weight excluding hydrogens is 258 g/mol. The third-order valence-electron chi connectivity index (χ3n) is 3.00. The Morgan fingerprint density at radius 1 is 1.35 bits per heavy atom. The third kappa shape index (κ3) is 3.98. The predicted molar refractivity (Wildman–Crippen MR) is 75.7 cm³/mol. The molecule has 0 saturated heterocycles. The van der Waals surface area contributed by atoms with Crippen LogP contribution in [0, 0.1) is 6.92 Å². The molecular formula is C15H21NO4. The van der Waals surface area contributed by atoms with Gasteiger partial charge in [0.2, 0.25) is 0 Å². The Hall–Kier alpha value is -2.04. The first kappa shape index (κ1) is 16.0. The molecule has 0 aliphatic rings. The molecule has 5 nitrogen and oxygen atoms in total. The van der Waals surface area contributed by atoms with Crippen LogP contribution < -0.4 is 10.1 Å². The largest absolute Gasteiger partial charge is 0.480 e. The van der Waals surface area contributed by atoms with Gasteiger partial charge in [0.25, 0.3) is 5.91 Å². The number of rotatable bonds is 6. The maximum absolute atomic E-state index is 12.1. The number of aryl methyl sites for hydroxylation is 1. The van der Waals surface area contributed by atoms with Crippen LogP contribution in [-0.2, 0) is 9.59 Å². The highest BCUT2D eigenvalue weighted by atomic mass is 16.5. The average Bonchev–Trinajstić information content (AvgIpc) is 2.36. The molecule has 1 amide bonds. The van der Waals surface area contributed by atoms with E-state index < -0.39 is 23.5 Å². The smallest absolute Gasteiger partial charge is 0.328 e. The van der Waals surface area contributed by atoms with Crippen molar-refractivity contribution in [1.82, 2.24) is 5.32 Å². The van der Waals surface area contributed by atoms with E-state index in [1.807, 2.05) is 32.0 Å². The Balaban J connectivity index is 2.79. The van der Waals surface area contributed by atoms with E-state index in [0.29, 0.717) is 12.2 Å². The van der Waals surface area contributed by atoms with E-state index in [0.717, 1.165) is 5.56 Å². The zero-order valence-corrected chi connectivity index (χ0v) is 12.3. The third-order valence-corrected chi connectivity index (χ3v) is 3.00. The van der Waals surface area contributed by atoms with Crippen molar-refractivity contribution in [1.29, 1.82) is 0 Å². The van der Waals surface area contributed by atoms with Crippen LogP contribution in [0.3, 0.4) is 0 Å². The van der Waals surface area contributed by atoms with Crippen LogP contribution in [0.25, 0.3) is 0 Å². The number of carbonyl (C=O) groups excluding carboxylic acids is 1. The van der Waals surface area contributed by atoms with Crippen molar-refractivity contribution < 1.29 is 19.4 Å². The molecule has 1 rings (SSSR count). The first-order chi connectivity index (χ1) is 9.27. The van der Waals surface area contributed by atoms with Crippen molar-refractivity contribution in [3.63, 3.8) is 0 Å². The molecule has 1 aromatic rings. The number of para-hydroxylation sites is 1. The highest BCUT2D eigenvalue weighted by Gasteiger charge is 2.32. The van der Waals surface area contributed by atoms with Gasteiger partial charge in [-0.1, -0.05) is 25.1 Å². The van der Waals surface area contributed by atoms with Gasteiger partial charge >= 0.3 is 5.97 Å². The Labute approximate surface area is 118 Å². The minimum atomic E-state index is -1.32. The lowest BCUT2D eigenvalue weighted by Crippen LogP contribution is -2.53. The second-order valence-electron chi connectivity index (χ2n) is 5.20. The first-order valence-electron chi connectivity index (χ1n) is 6.55. The van der Waals surface area contributed by atoms with Gasteiger partial charge in [0.15, 0.2) is 6.10 Å². The van der Waals surface area contributed by atoms with Crippen LogP contribution in [0.15, 0.2) is 24.3 Å². The van der Waals surface area contributed by atoms with Crippen LogP contribution in [0.2, 0.25) is 0 Å². The van der Waals surface area contributed by atoms with Gasteiger partial charge in [-0.2, -0.15) is 0 Å². The first-order valence-corrected chi connectivity index (χ1v) is 6.55. The number of nitrogens with one attached hydrogen (secondary N) is 1. The van der Waals surface area contributed by atoms with Crippen LogP contribution >= 0.6 is 0 Å². The maximum atomic E-state index is 12.1. The van der Waals surface area contributed by atoms with Gasteiger partial charge in [-0.05, 0) is 38.8 Å². The summed E-state index contributed by atoms with van der Waals surface area (Å²) < 4.78 is 5.68. The molecule has 20 heavy (non-hydrogen) atoms. The van der Waals surface area contributed by atoms with Crippen molar-refractivity contribution >= 4 is 11.9 Å². The van der Waals surface area contributed by atoms with Gasteiger partial charge in [-0.15, -0.1) is 0 Å². The van der Waals surface area contributed by atoms with E-state index >= 15 is 0 Å². The standard InChI is InChI=1S/C15H21NO4/c1-5-11(13(17)16-15(3,4)14(18)19)20-12-9-7-6-8-10(12)2/h6-9,11H,5H2,1-4H3,(H,16,17)(H,18,19). The summed E-state index contributed by atoms with van der Waals surface area (Å²) in [6.45, 7) is 6.58. The van der Waals surface area contributed by atoms with Crippen LogP contribution in [0.4, 0.5) is 0 Å². The van der Waals surface area contributed by atoms with Crippen molar-refractivity contribution in [2.24, 2.45) is 0 Å². The second kappa shape index (κ2) is 6.41. The second-order valence-corrected chi connectivity index (χ2v) is 5.20. The molecule has 0 spiro atoms. The van der Waals surface area contributed by atoms with E-state index in [4.69, 9.17) is 9.84 Å². The van der Waals surface area contributed by atoms with Crippen molar-refractivity contribution in [3.05, 3.63) is 29.8 Å². The van der Waals surface area contributed by atoms with Crippen molar-refractivity contribution in [2.75, 3.05) is 0 Å². The average molecular weight is 279 g/mol. The normalized spacial score (nSPS) is 12.6. The van der Waals surface area contributed by atoms with Crippen LogP contribution in [0.5, 0.6) is 5.75 Å². The Morgan fingerprint density at radius 2 is 1.95 bits per heavy atom. The predicted octanol–water partition coefficient (Wildman–Crippen LogP) is 2.13. The molecule has 0 radical (unpaired) electrons. The molecule has 1 aromatic carbocycles. The summed E-state index contributed by atoms with van der Waals surface area (Å²) in [5.41, 5.74) is -0.393. The Morgan fingerprint density at radius 3 is 2.45 bits per heavy atom. The summed E-state index contributed by atoms with van der Waals surface area (Å²) in [5, 5.41) is 11.5. The fraction of sp³-hybridized carbons (Fsp3) is 0.467. The summed E-state index contributed by atoms with van der Waals surface area (Å²) in [6, 6.07) is 7.39. The summed E-state index contributed by atoms with van der Waals surface area (Å²) in [7, 11) is 0. The number of ether oxygens (including phenoxy) is 1. The van der Waals surface area contributed by atoms with Gasteiger partial charge in [-0.25, -0.2) is 4.79 Å². The van der Waals surface area contributed by atoms with E-state index in [2.05, 4.69) is 5.32 Å². The topological polar surface area (TPSA) is 75.6 Å². The summed E-state index contributed by atoms with van der Waals surface area (Å²) >= 11 is 0. The molecule has 0 fully saturated rings. The fourth-order valence-corrected chi connectivity index (χ4v) is 1.61. The van der Waals surface area contributed by atoms with Gasteiger partial charge in [0.05, 0.1) is 0 Å². The van der Waals surface area contributed by atoms with E-state index in [-0.39, 0.29) is 0 Å². The molecule has 1 atom stereocenters. The highest BCUT2D eigenvalue weighted by Crippen LogP contribution is 2.19. The SMILES string of the molecule is CCC(Oc1ccccc1C)C(=O)NC(C)(C)C(=O)O. The number of hydrogen-bond acceptors (Lipinski definition) is 3. The highest BCUT2D eigenvalue weighted by molar-refractivity contribution is 5.88. The van der Waals surface area contributed by atoms with Crippen molar-refractivity contribution in [2.45, 2.75) is 45.8 Å². The summed E-state index contributed by atoms with van der Waals surface area (Å²) in [5.74, 6) is -0.887. The molecule has 0 heterocycles. The van der Waals surface area contributed by atoms with E-state index in [9.17, 15) is 9.59 Å². The van der Waals surface area contributed by atoms with Crippen LogP contribution in [0.1, 0.15) is 32.8 Å². The number of carbonyl (C=O) groups is 2. The molecule has 0 aliphatic carbocycles. The molecule has 2 N–H and O–H groups in total. The summed E-state index contributed by atoms with van der Waals surface area (Å²) in [6.07, 6.45) is -0.259. The number of carboxylic acid groups (broad SMARTS) is 1. The molecule has 0 bridgehead atoms. The molecule has 110 valence electrons. The quantitative estimate of drug-likeness (QED) is 0.836. The number of aliphatic carboxylic acids is 1. The van der Waals surface area contributed by atoms with Crippen molar-refractivity contribution in [3.8, 4) is 5.75 Å². The number of amides is 1. The lowest BCUT2D eigenvalue weighted by atomic mass is 10.1. The molecule has 0 aliphatic heterocycles. The van der Waals surface area contributed by atoms with Gasteiger partial charge in [0.1, 0.15) is 11.3 Å². The van der Waals surface area contributed by atoms with Gasteiger partial charge in [0, 0.05) is 0 Å². The number of hydrogen-bond donors (Lipinski definition) is 2. The summed E-state index contributed by atoms with van der Waals surface area (Å²) in [4.78, 5) is 23.1. The minimum Gasteiger partial charge on any atom is -0.480 e. The molecule has 0 saturated carbocycles. The molecule has 1 unspecified atom stereocenters. The molecule has 0 aromatic heterocycles. The van der Waals surface area contributed by atoms with Gasteiger partial charge in [-0.3, -0.25) is 4.79 Å². The van der Waals surface area contributed by atoms with E-state index in [1.165, 1.54) is 13.8 Å². The zero-order chi connectivity index (χ0) is 15.3. The number of carboxylic acids is 1. The zero-order valence-electron chi connectivity index (χ0n) is 12.3. The Kier molecular flexibility index (Phi) is 5.13. The minimum absolute atomic E-state index is 0.428. The monoisotopic (exact) mass is 279 g/mol. The van der Waals surface area contributed by atoms with Crippen LogP contribution in [-0.4, -0.2) is 28.6 Å².